The Labute approximate surface area is 190 Å². The lowest BCUT2D eigenvalue weighted by atomic mass is 10.2. The van der Waals surface area contributed by atoms with E-state index in [2.05, 4.69) is 9.97 Å². The van der Waals surface area contributed by atoms with Gasteiger partial charge < -0.3 is 9.05 Å². The van der Waals surface area contributed by atoms with Crippen LogP contribution in [0.15, 0.2) is 53.8 Å². The minimum absolute atomic E-state index is 0.0753. The lowest BCUT2D eigenvalue weighted by Crippen LogP contribution is -2.33. The molecule has 8 nitrogen and oxygen atoms in total. The number of benzene rings is 2. The third-order valence-electron chi connectivity index (χ3n) is 4.16. The largest absolute Gasteiger partial charge is 0.350 e. The van der Waals surface area contributed by atoms with E-state index < -0.39 is 23.9 Å². The molecule has 12 heteroatoms. The highest BCUT2D eigenvalue weighted by atomic mass is 35.5. The van der Waals surface area contributed by atoms with Gasteiger partial charge in [0.1, 0.15) is 12.6 Å². The summed E-state index contributed by atoms with van der Waals surface area (Å²) in [5.74, 6) is 0. The van der Waals surface area contributed by atoms with Crippen LogP contribution >= 0.6 is 30.8 Å². The Morgan fingerprint density at radius 1 is 1.06 bits per heavy atom. The highest BCUT2D eigenvalue weighted by Gasteiger charge is 2.36. The van der Waals surface area contributed by atoms with Crippen molar-refractivity contribution in [3.05, 3.63) is 59.0 Å². The molecule has 31 heavy (non-hydrogen) atoms. The number of hydrogen-bond donors (Lipinski definition) is 0. The van der Waals surface area contributed by atoms with E-state index in [1.54, 1.807) is 38.2 Å². The van der Waals surface area contributed by atoms with Crippen molar-refractivity contribution in [2.24, 2.45) is 0 Å². The zero-order valence-corrected chi connectivity index (χ0v) is 20.0. The number of para-hydroxylation sites is 1. The molecule has 166 valence electrons. The average molecular weight is 504 g/mol. The van der Waals surface area contributed by atoms with Crippen LogP contribution < -0.4 is 4.31 Å². The van der Waals surface area contributed by atoms with Crippen LogP contribution in [0.4, 0.5) is 5.69 Å². The van der Waals surface area contributed by atoms with Gasteiger partial charge in [-0.15, -0.1) is 0 Å². The fourth-order valence-corrected chi connectivity index (χ4v) is 7.35. The van der Waals surface area contributed by atoms with Crippen molar-refractivity contribution in [3.63, 3.8) is 0 Å². The minimum atomic E-state index is -4.29. The maximum absolute atomic E-state index is 13.7. The van der Waals surface area contributed by atoms with Crippen molar-refractivity contribution >= 4 is 57.4 Å². The first kappa shape index (κ1) is 23.9. The van der Waals surface area contributed by atoms with Gasteiger partial charge in [0.15, 0.2) is 0 Å². The van der Waals surface area contributed by atoms with Gasteiger partial charge in [0, 0.05) is 21.6 Å². The predicted octanol–water partition coefficient (Wildman–Crippen LogP) is 5.36. The monoisotopic (exact) mass is 503 g/mol. The lowest BCUT2D eigenvalue weighted by Gasteiger charge is -2.28. The van der Waals surface area contributed by atoms with Gasteiger partial charge >= 0.3 is 7.60 Å². The number of nitrogens with zero attached hydrogens (tertiary/aromatic N) is 3. The van der Waals surface area contributed by atoms with Crippen molar-refractivity contribution in [1.82, 2.24) is 9.97 Å². The Balaban J connectivity index is 2.24. The molecular formula is C19H20Cl2N3O5PS. The molecule has 1 aromatic heterocycles. The summed E-state index contributed by atoms with van der Waals surface area (Å²) in [6.45, 7) is 3.44. The highest BCUT2D eigenvalue weighted by Crippen LogP contribution is 2.50. The second-order valence-corrected chi connectivity index (χ2v) is 11.0. The quantitative estimate of drug-likeness (QED) is 0.362. The molecule has 0 radical (unpaired) electrons. The van der Waals surface area contributed by atoms with E-state index >= 15 is 0 Å². The number of fused-ring (bicyclic) bond motifs is 1. The van der Waals surface area contributed by atoms with E-state index in [-0.39, 0.29) is 33.8 Å². The van der Waals surface area contributed by atoms with Crippen molar-refractivity contribution in [3.8, 4) is 0 Å². The first-order chi connectivity index (χ1) is 14.7. The van der Waals surface area contributed by atoms with Gasteiger partial charge in [-0.25, -0.2) is 18.4 Å². The molecule has 0 aliphatic rings. The molecule has 0 unspecified atom stereocenters. The molecule has 0 saturated carbocycles. The van der Waals surface area contributed by atoms with E-state index in [0.717, 1.165) is 4.31 Å². The van der Waals surface area contributed by atoms with Crippen molar-refractivity contribution in [2.75, 3.05) is 23.8 Å². The van der Waals surface area contributed by atoms with Gasteiger partial charge in [0.25, 0.3) is 10.0 Å². The van der Waals surface area contributed by atoms with Crippen molar-refractivity contribution in [1.29, 1.82) is 0 Å². The number of sulfonamides is 1. The molecule has 0 N–H and O–H groups in total. The molecule has 0 spiro atoms. The third kappa shape index (κ3) is 5.37. The van der Waals surface area contributed by atoms with E-state index in [0.29, 0.717) is 10.9 Å². The van der Waals surface area contributed by atoms with Crippen LogP contribution in [-0.2, 0) is 23.6 Å². The molecule has 0 saturated heterocycles. The Bertz CT molecular complexity index is 1210. The SMILES string of the molecule is CCOP(=O)(CN(c1cccc2cncnc12)S(=O)(=O)c1cc(Cl)cc(Cl)c1)OCC. The first-order valence-corrected chi connectivity index (χ1v) is 13.2. The zero-order valence-electron chi connectivity index (χ0n) is 16.7. The number of rotatable bonds is 9. The lowest BCUT2D eigenvalue weighted by molar-refractivity contribution is 0.221. The summed E-state index contributed by atoms with van der Waals surface area (Å²) in [6, 6.07) is 8.90. The Kier molecular flexibility index (Phi) is 7.57. The summed E-state index contributed by atoms with van der Waals surface area (Å²) in [5, 5.41) is 0.889. The summed E-state index contributed by atoms with van der Waals surface area (Å²) in [4.78, 5) is 8.03. The molecule has 0 atom stereocenters. The zero-order chi connectivity index (χ0) is 22.6. The Morgan fingerprint density at radius 3 is 2.32 bits per heavy atom. The van der Waals surface area contributed by atoms with E-state index in [1.165, 1.54) is 24.5 Å². The molecule has 2 aromatic carbocycles. The molecule has 1 heterocycles. The van der Waals surface area contributed by atoms with Gasteiger partial charge in [-0.05, 0) is 38.1 Å². The Morgan fingerprint density at radius 2 is 1.71 bits per heavy atom. The molecule has 3 aromatic rings. The smallest absolute Gasteiger partial charge is 0.308 e. The standard InChI is InChI=1S/C19H20Cl2N3O5PS/c1-3-28-30(25,29-4-2)13-24(18-7-5-6-14-11-22-12-23-19(14)18)31(26,27)17-9-15(20)8-16(21)10-17/h5-12H,3-4,13H2,1-2H3. The van der Waals surface area contributed by atoms with E-state index in [1.807, 2.05) is 0 Å². The molecule has 0 aliphatic heterocycles. The highest BCUT2D eigenvalue weighted by molar-refractivity contribution is 7.93. The average Bonchev–Trinajstić information content (AvgIpc) is 2.71. The maximum Gasteiger partial charge on any atom is 0.350 e. The van der Waals surface area contributed by atoms with Gasteiger partial charge in [-0.3, -0.25) is 8.87 Å². The van der Waals surface area contributed by atoms with Crippen LogP contribution in [0.5, 0.6) is 0 Å². The van der Waals surface area contributed by atoms with E-state index in [9.17, 15) is 13.0 Å². The van der Waals surface area contributed by atoms with Gasteiger partial charge in [-0.2, -0.15) is 0 Å². The van der Waals surface area contributed by atoms with Gasteiger partial charge in [0.2, 0.25) is 0 Å². The number of halogens is 2. The van der Waals surface area contributed by atoms with Crippen molar-refractivity contribution in [2.45, 2.75) is 18.7 Å². The number of anilines is 1. The maximum atomic E-state index is 13.7. The summed E-state index contributed by atoms with van der Waals surface area (Å²) in [6.07, 6.45) is 2.29. The minimum Gasteiger partial charge on any atom is -0.308 e. The third-order valence-corrected chi connectivity index (χ3v) is 8.46. The normalized spacial score (nSPS) is 12.3. The van der Waals surface area contributed by atoms with Crippen LogP contribution in [0.2, 0.25) is 10.0 Å². The fourth-order valence-electron chi connectivity index (χ4n) is 2.96. The van der Waals surface area contributed by atoms with Gasteiger partial charge in [-0.1, -0.05) is 35.3 Å². The first-order valence-electron chi connectivity index (χ1n) is 9.26. The molecule has 0 bridgehead atoms. The van der Waals surface area contributed by atoms with Crippen molar-refractivity contribution < 1.29 is 22.0 Å². The summed E-state index contributed by atoms with van der Waals surface area (Å²) in [7, 11) is -8.11. The fraction of sp³-hybridized carbons (Fsp3) is 0.263. The van der Waals surface area contributed by atoms with Crippen LogP contribution in [0, 0.1) is 0 Å². The van der Waals surface area contributed by atoms with Crippen LogP contribution in [-0.4, -0.2) is 37.9 Å². The summed E-state index contributed by atoms with van der Waals surface area (Å²) >= 11 is 12.1. The Hall–Kier alpha value is -1.74. The topological polar surface area (TPSA) is 98.7 Å². The number of hydrogen-bond acceptors (Lipinski definition) is 7. The second-order valence-electron chi connectivity index (χ2n) is 6.28. The predicted molar refractivity (Wildman–Crippen MR) is 121 cm³/mol. The molecular weight excluding hydrogens is 484 g/mol. The molecule has 0 amide bonds. The van der Waals surface area contributed by atoms with Crippen LogP contribution in [0.3, 0.4) is 0 Å². The van der Waals surface area contributed by atoms with Crippen LogP contribution in [0.1, 0.15) is 13.8 Å². The van der Waals surface area contributed by atoms with Gasteiger partial charge in [0.05, 0.1) is 29.3 Å². The van der Waals surface area contributed by atoms with Crippen LogP contribution in [0.25, 0.3) is 10.9 Å². The molecule has 0 fully saturated rings. The molecule has 0 aliphatic carbocycles. The second kappa shape index (κ2) is 9.81. The van der Waals surface area contributed by atoms with E-state index in [4.69, 9.17) is 32.2 Å². The molecule has 3 rings (SSSR count). The number of aromatic nitrogens is 2. The summed E-state index contributed by atoms with van der Waals surface area (Å²) < 4.78 is 52.4. The summed E-state index contributed by atoms with van der Waals surface area (Å²) in [5.41, 5.74) is 0.546.